The monoisotopic (exact) mass is 306 g/mol. The third kappa shape index (κ3) is 2.59. The smallest absolute Gasteiger partial charge is 0.239 e. The number of hydrogen-bond donors (Lipinski definition) is 0. The third-order valence-electron chi connectivity index (χ3n) is 4.24. The number of amides is 2. The first-order chi connectivity index (χ1) is 10.2. The molecule has 1 aromatic rings. The topological polar surface area (TPSA) is 68.1 Å². The number of hydrogen-bond acceptors (Lipinski definition) is 5. The first kappa shape index (κ1) is 13.3. The van der Waals surface area contributed by atoms with Crippen molar-refractivity contribution in [3.8, 4) is 0 Å². The van der Waals surface area contributed by atoms with Gasteiger partial charge < -0.3 is 4.57 Å². The molecule has 1 aromatic heterocycles. The summed E-state index contributed by atoms with van der Waals surface area (Å²) in [5.41, 5.74) is 0. The minimum absolute atomic E-state index is 0.0390. The van der Waals surface area contributed by atoms with E-state index in [1.54, 1.807) is 0 Å². The lowest BCUT2D eigenvalue weighted by Crippen LogP contribution is -2.33. The van der Waals surface area contributed by atoms with Crippen molar-refractivity contribution in [3.05, 3.63) is 5.82 Å². The Hall–Kier alpha value is -1.37. The van der Waals surface area contributed by atoms with Gasteiger partial charge in [0.15, 0.2) is 5.16 Å². The van der Waals surface area contributed by atoms with Gasteiger partial charge in [-0.25, -0.2) is 0 Å². The Morgan fingerprint density at radius 1 is 1.24 bits per heavy atom. The molecule has 112 valence electrons. The fourth-order valence-corrected chi connectivity index (χ4v) is 3.69. The number of likely N-dealkylation sites (tertiary alicyclic amines) is 1. The van der Waals surface area contributed by atoms with Gasteiger partial charge in [-0.1, -0.05) is 11.8 Å². The van der Waals surface area contributed by atoms with Crippen molar-refractivity contribution in [1.29, 1.82) is 0 Å². The lowest BCUT2D eigenvalue weighted by atomic mass is 10.4. The van der Waals surface area contributed by atoms with Crippen LogP contribution in [-0.4, -0.2) is 43.8 Å². The number of carbonyl (C=O) groups excluding carboxylic acids is 2. The summed E-state index contributed by atoms with van der Waals surface area (Å²) >= 11 is 1.42. The van der Waals surface area contributed by atoms with Crippen molar-refractivity contribution in [2.75, 3.05) is 12.3 Å². The van der Waals surface area contributed by atoms with E-state index in [-0.39, 0.29) is 17.6 Å². The van der Waals surface area contributed by atoms with Gasteiger partial charge >= 0.3 is 0 Å². The van der Waals surface area contributed by atoms with Gasteiger partial charge in [-0.3, -0.25) is 14.5 Å². The predicted molar refractivity (Wildman–Crippen MR) is 76.9 cm³/mol. The van der Waals surface area contributed by atoms with Crippen LogP contribution < -0.4 is 0 Å². The maximum absolute atomic E-state index is 12.1. The molecule has 0 atom stereocenters. The lowest BCUT2D eigenvalue weighted by molar-refractivity contribution is -0.140. The molecule has 2 saturated carbocycles. The van der Waals surface area contributed by atoms with E-state index in [1.807, 2.05) is 0 Å². The van der Waals surface area contributed by atoms with E-state index in [2.05, 4.69) is 14.8 Å². The maximum Gasteiger partial charge on any atom is 0.239 e. The summed E-state index contributed by atoms with van der Waals surface area (Å²) in [6.07, 6.45) is 6.07. The van der Waals surface area contributed by atoms with E-state index >= 15 is 0 Å². The van der Waals surface area contributed by atoms with Gasteiger partial charge in [0.2, 0.25) is 11.8 Å². The average Bonchev–Trinajstić information content (AvgIpc) is 3.40. The molecule has 2 amide bonds. The molecule has 7 heteroatoms. The van der Waals surface area contributed by atoms with Crippen LogP contribution in [0.1, 0.15) is 56.3 Å². The van der Waals surface area contributed by atoms with E-state index < -0.39 is 0 Å². The molecular formula is C14H18N4O2S. The van der Waals surface area contributed by atoms with Crippen LogP contribution in [0.3, 0.4) is 0 Å². The molecule has 4 rings (SSSR count). The zero-order valence-electron chi connectivity index (χ0n) is 11.8. The quantitative estimate of drug-likeness (QED) is 0.775. The van der Waals surface area contributed by atoms with Gasteiger partial charge in [-0.05, 0) is 32.1 Å². The number of rotatable bonds is 5. The van der Waals surface area contributed by atoms with Crippen LogP contribution in [0, 0.1) is 0 Å². The minimum atomic E-state index is -0.0965. The molecule has 0 N–H and O–H groups in total. The van der Waals surface area contributed by atoms with Crippen molar-refractivity contribution in [2.45, 2.75) is 55.6 Å². The summed E-state index contributed by atoms with van der Waals surface area (Å²) in [5, 5.41) is 9.45. The second-order valence-corrected chi connectivity index (χ2v) is 6.99. The zero-order chi connectivity index (χ0) is 14.4. The molecule has 2 aliphatic carbocycles. The molecule has 0 aromatic carbocycles. The van der Waals surface area contributed by atoms with Crippen molar-refractivity contribution >= 4 is 23.6 Å². The zero-order valence-corrected chi connectivity index (χ0v) is 12.6. The SMILES string of the molecule is O=C1CCCN1C(=O)CSc1nnc(C2CC2)n1C1CC1. The largest absolute Gasteiger partial charge is 0.303 e. The molecular weight excluding hydrogens is 288 g/mol. The Kier molecular flexibility index (Phi) is 3.24. The average molecular weight is 306 g/mol. The van der Waals surface area contributed by atoms with Gasteiger partial charge in [0.05, 0.1) is 5.75 Å². The molecule has 3 fully saturated rings. The van der Waals surface area contributed by atoms with Crippen LogP contribution >= 0.6 is 11.8 Å². The van der Waals surface area contributed by atoms with Crippen LogP contribution in [0.15, 0.2) is 5.16 Å². The van der Waals surface area contributed by atoms with Crippen molar-refractivity contribution < 1.29 is 9.59 Å². The Morgan fingerprint density at radius 2 is 2.05 bits per heavy atom. The summed E-state index contributed by atoms with van der Waals surface area (Å²) in [4.78, 5) is 25.1. The highest BCUT2D eigenvalue weighted by Crippen LogP contribution is 2.45. The molecule has 3 aliphatic rings. The fourth-order valence-electron chi connectivity index (χ4n) is 2.80. The molecule has 1 saturated heterocycles. The van der Waals surface area contributed by atoms with Crippen molar-refractivity contribution in [1.82, 2.24) is 19.7 Å². The minimum Gasteiger partial charge on any atom is -0.303 e. The van der Waals surface area contributed by atoms with Crippen LogP contribution in [0.5, 0.6) is 0 Å². The molecule has 2 heterocycles. The Bertz CT molecular complexity index is 592. The summed E-state index contributed by atoms with van der Waals surface area (Å²) in [7, 11) is 0. The molecule has 21 heavy (non-hydrogen) atoms. The van der Waals surface area contributed by atoms with E-state index in [1.165, 1.54) is 42.3 Å². The van der Waals surface area contributed by atoms with Crippen LogP contribution in [0.25, 0.3) is 0 Å². The molecule has 6 nitrogen and oxygen atoms in total. The van der Waals surface area contributed by atoms with Crippen LogP contribution in [-0.2, 0) is 9.59 Å². The second kappa shape index (κ2) is 5.12. The van der Waals surface area contributed by atoms with Crippen LogP contribution in [0.2, 0.25) is 0 Å². The van der Waals surface area contributed by atoms with E-state index in [4.69, 9.17) is 0 Å². The van der Waals surface area contributed by atoms with Gasteiger partial charge in [-0.2, -0.15) is 0 Å². The summed E-state index contributed by atoms with van der Waals surface area (Å²) < 4.78 is 2.24. The fraction of sp³-hybridized carbons (Fsp3) is 0.714. The molecule has 0 spiro atoms. The standard InChI is InChI=1S/C14H18N4O2S/c19-11-2-1-7-17(11)12(20)8-21-14-16-15-13(9-3-4-9)18(14)10-5-6-10/h9-10H,1-8H2. The summed E-state index contributed by atoms with van der Waals surface area (Å²) in [5.74, 6) is 1.82. The van der Waals surface area contributed by atoms with E-state index in [0.29, 0.717) is 24.9 Å². The highest BCUT2D eigenvalue weighted by molar-refractivity contribution is 7.99. The van der Waals surface area contributed by atoms with Gasteiger partial charge in [0, 0.05) is 24.9 Å². The Labute approximate surface area is 127 Å². The first-order valence-corrected chi connectivity index (χ1v) is 8.63. The second-order valence-electron chi connectivity index (χ2n) is 6.05. The predicted octanol–water partition coefficient (Wildman–Crippen LogP) is 1.73. The van der Waals surface area contributed by atoms with Crippen LogP contribution in [0.4, 0.5) is 0 Å². The normalized spacial score (nSPS) is 22.1. The third-order valence-corrected chi connectivity index (χ3v) is 5.17. The Morgan fingerprint density at radius 3 is 2.67 bits per heavy atom. The lowest BCUT2D eigenvalue weighted by Gasteiger charge is -2.13. The number of thioether (sulfide) groups is 1. The van der Waals surface area contributed by atoms with Gasteiger partial charge in [-0.15, -0.1) is 10.2 Å². The summed E-state index contributed by atoms with van der Waals surface area (Å²) in [6, 6.07) is 0.529. The highest BCUT2D eigenvalue weighted by Gasteiger charge is 2.36. The van der Waals surface area contributed by atoms with E-state index in [0.717, 1.165) is 17.4 Å². The van der Waals surface area contributed by atoms with Gasteiger partial charge in [0.25, 0.3) is 0 Å². The molecule has 0 radical (unpaired) electrons. The number of carbonyl (C=O) groups is 2. The number of imide groups is 1. The van der Waals surface area contributed by atoms with E-state index in [9.17, 15) is 9.59 Å². The maximum atomic E-state index is 12.1. The Balaban J connectivity index is 1.45. The van der Waals surface area contributed by atoms with Crippen molar-refractivity contribution in [2.24, 2.45) is 0 Å². The van der Waals surface area contributed by atoms with Crippen molar-refractivity contribution in [3.63, 3.8) is 0 Å². The molecule has 0 unspecified atom stereocenters. The number of aromatic nitrogens is 3. The molecule has 0 bridgehead atoms. The first-order valence-electron chi connectivity index (χ1n) is 7.65. The summed E-state index contributed by atoms with van der Waals surface area (Å²) in [6.45, 7) is 0.570. The number of nitrogens with zero attached hydrogens (tertiary/aromatic N) is 4. The molecule has 1 aliphatic heterocycles. The highest BCUT2D eigenvalue weighted by atomic mass is 32.2. The van der Waals surface area contributed by atoms with Gasteiger partial charge in [0.1, 0.15) is 5.82 Å².